The smallest absolute Gasteiger partial charge is 0.223 e. The summed E-state index contributed by atoms with van der Waals surface area (Å²) in [5.41, 5.74) is -0.825. The molecule has 0 aromatic heterocycles. The standard InChI is InChI=1S/C11H22N2O2/c1-8-6-9(4-5-12-8)10(14)13-7-11(2,3)15/h8-9,12,15H,4-7H2,1-3H3,(H,13,14). The second kappa shape index (κ2) is 4.94. The molecule has 0 aromatic carbocycles. The topological polar surface area (TPSA) is 61.4 Å². The van der Waals surface area contributed by atoms with E-state index >= 15 is 0 Å². The van der Waals surface area contributed by atoms with E-state index in [9.17, 15) is 9.90 Å². The van der Waals surface area contributed by atoms with Crippen molar-refractivity contribution in [2.24, 2.45) is 5.92 Å². The molecule has 1 amide bonds. The van der Waals surface area contributed by atoms with Crippen molar-refractivity contribution in [2.75, 3.05) is 13.1 Å². The minimum atomic E-state index is -0.825. The summed E-state index contributed by atoms with van der Waals surface area (Å²) in [6.07, 6.45) is 1.78. The zero-order valence-electron chi connectivity index (χ0n) is 9.84. The van der Waals surface area contributed by atoms with E-state index < -0.39 is 5.60 Å². The highest BCUT2D eigenvalue weighted by atomic mass is 16.3. The summed E-state index contributed by atoms with van der Waals surface area (Å²) in [7, 11) is 0. The van der Waals surface area contributed by atoms with Gasteiger partial charge in [0.05, 0.1) is 5.60 Å². The fourth-order valence-corrected chi connectivity index (χ4v) is 1.82. The fourth-order valence-electron chi connectivity index (χ4n) is 1.82. The molecule has 0 radical (unpaired) electrons. The molecular formula is C11H22N2O2. The molecule has 0 spiro atoms. The number of rotatable bonds is 3. The van der Waals surface area contributed by atoms with Gasteiger partial charge in [0, 0.05) is 18.5 Å². The van der Waals surface area contributed by atoms with Crippen molar-refractivity contribution >= 4 is 5.91 Å². The zero-order valence-corrected chi connectivity index (χ0v) is 9.84. The Morgan fingerprint density at radius 2 is 2.27 bits per heavy atom. The number of hydrogen-bond donors (Lipinski definition) is 3. The summed E-state index contributed by atoms with van der Waals surface area (Å²) < 4.78 is 0. The predicted octanol–water partition coefficient (Wildman–Crippen LogP) is 0.262. The Bertz CT molecular complexity index is 223. The van der Waals surface area contributed by atoms with E-state index in [1.54, 1.807) is 13.8 Å². The van der Waals surface area contributed by atoms with E-state index in [4.69, 9.17) is 0 Å². The van der Waals surface area contributed by atoms with Gasteiger partial charge in [0.15, 0.2) is 0 Å². The lowest BCUT2D eigenvalue weighted by atomic mass is 9.92. The second-order valence-electron chi connectivity index (χ2n) is 5.11. The van der Waals surface area contributed by atoms with E-state index in [2.05, 4.69) is 17.6 Å². The Hall–Kier alpha value is -0.610. The molecule has 0 aromatic rings. The van der Waals surface area contributed by atoms with Crippen LogP contribution in [0.4, 0.5) is 0 Å². The molecule has 1 saturated heterocycles. The number of piperidine rings is 1. The average molecular weight is 214 g/mol. The molecule has 1 aliphatic rings. The SMILES string of the molecule is CC1CC(C(=O)NCC(C)(C)O)CCN1. The molecule has 2 unspecified atom stereocenters. The molecule has 0 aliphatic carbocycles. The van der Waals surface area contributed by atoms with Crippen molar-refractivity contribution in [3.63, 3.8) is 0 Å². The van der Waals surface area contributed by atoms with Gasteiger partial charge in [-0.25, -0.2) is 0 Å². The minimum absolute atomic E-state index is 0.0745. The molecule has 15 heavy (non-hydrogen) atoms. The van der Waals surface area contributed by atoms with Gasteiger partial charge in [-0.2, -0.15) is 0 Å². The van der Waals surface area contributed by atoms with Gasteiger partial charge in [0.1, 0.15) is 0 Å². The summed E-state index contributed by atoms with van der Waals surface area (Å²) in [5, 5.41) is 15.6. The van der Waals surface area contributed by atoms with Gasteiger partial charge in [-0.05, 0) is 40.2 Å². The highest BCUT2D eigenvalue weighted by molar-refractivity contribution is 5.78. The average Bonchev–Trinajstić information content (AvgIpc) is 2.13. The van der Waals surface area contributed by atoms with Crippen LogP contribution in [0, 0.1) is 5.92 Å². The van der Waals surface area contributed by atoms with Crippen LogP contribution in [-0.4, -0.2) is 35.7 Å². The molecular weight excluding hydrogens is 192 g/mol. The molecule has 1 aliphatic heterocycles. The minimum Gasteiger partial charge on any atom is -0.389 e. The fraction of sp³-hybridized carbons (Fsp3) is 0.909. The first-order chi connectivity index (χ1) is 6.88. The lowest BCUT2D eigenvalue weighted by Gasteiger charge is -2.28. The van der Waals surface area contributed by atoms with E-state index in [0.717, 1.165) is 19.4 Å². The van der Waals surface area contributed by atoms with Crippen LogP contribution in [0.2, 0.25) is 0 Å². The number of nitrogens with one attached hydrogen (secondary N) is 2. The van der Waals surface area contributed by atoms with Crippen LogP contribution >= 0.6 is 0 Å². The third-order valence-corrected chi connectivity index (χ3v) is 2.69. The molecule has 0 bridgehead atoms. The van der Waals surface area contributed by atoms with E-state index in [-0.39, 0.29) is 11.8 Å². The van der Waals surface area contributed by atoms with Crippen molar-refractivity contribution in [2.45, 2.75) is 45.3 Å². The van der Waals surface area contributed by atoms with Crippen LogP contribution in [0.3, 0.4) is 0 Å². The number of amides is 1. The molecule has 4 heteroatoms. The van der Waals surface area contributed by atoms with Crippen LogP contribution in [0.25, 0.3) is 0 Å². The monoisotopic (exact) mass is 214 g/mol. The molecule has 1 heterocycles. The maximum Gasteiger partial charge on any atom is 0.223 e. The van der Waals surface area contributed by atoms with Crippen LogP contribution in [0.1, 0.15) is 33.6 Å². The molecule has 4 nitrogen and oxygen atoms in total. The molecule has 1 fully saturated rings. The van der Waals surface area contributed by atoms with Gasteiger partial charge in [-0.15, -0.1) is 0 Å². The summed E-state index contributed by atoms with van der Waals surface area (Å²) in [5.74, 6) is 0.175. The Labute approximate surface area is 91.4 Å². The molecule has 0 saturated carbocycles. The maximum atomic E-state index is 11.7. The number of aliphatic hydroxyl groups is 1. The Morgan fingerprint density at radius 3 is 2.80 bits per heavy atom. The van der Waals surface area contributed by atoms with E-state index in [1.165, 1.54) is 0 Å². The third kappa shape index (κ3) is 4.62. The summed E-state index contributed by atoms with van der Waals surface area (Å²) in [6.45, 7) is 6.71. The van der Waals surface area contributed by atoms with Gasteiger partial charge in [0.2, 0.25) is 5.91 Å². The number of carbonyl (C=O) groups is 1. The highest BCUT2D eigenvalue weighted by Crippen LogP contribution is 2.16. The molecule has 88 valence electrons. The van der Waals surface area contributed by atoms with Crippen LogP contribution in [0.5, 0.6) is 0 Å². The van der Waals surface area contributed by atoms with Crippen LogP contribution < -0.4 is 10.6 Å². The highest BCUT2D eigenvalue weighted by Gasteiger charge is 2.25. The van der Waals surface area contributed by atoms with Gasteiger partial charge in [-0.1, -0.05) is 0 Å². The maximum absolute atomic E-state index is 11.7. The molecule has 1 rings (SSSR count). The summed E-state index contributed by atoms with van der Waals surface area (Å²) >= 11 is 0. The van der Waals surface area contributed by atoms with Gasteiger partial charge in [-0.3, -0.25) is 4.79 Å². The Morgan fingerprint density at radius 1 is 1.60 bits per heavy atom. The zero-order chi connectivity index (χ0) is 11.5. The largest absolute Gasteiger partial charge is 0.389 e. The Balaban J connectivity index is 2.33. The van der Waals surface area contributed by atoms with Crippen molar-refractivity contribution in [1.29, 1.82) is 0 Å². The lowest BCUT2D eigenvalue weighted by molar-refractivity contribution is -0.127. The third-order valence-electron chi connectivity index (χ3n) is 2.69. The summed E-state index contributed by atoms with van der Waals surface area (Å²) in [6, 6.07) is 0.414. The van der Waals surface area contributed by atoms with E-state index in [1.807, 2.05) is 0 Å². The van der Waals surface area contributed by atoms with Gasteiger partial charge in [0.25, 0.3) is 0 Å². The Kier molecular flexibility index (Phi) is 4.11. The lowest BCUT2D eigenvalue weighted by Crippen LogP contribution is -2.45. The quantitative estimate of drug-likeness (QED) is 0.631. The van der Waals surface area contributed by atoms with Gasteiger partial charge < -0.3 is 15.7 Å². The molecule has 3 N–H and O–H groups in total. The van der Waals surface area contributed by atoms with Gasteiger partial charge >= 0.3 is 0 Å². The first-order valence-electron chi connectivity index (χ1n) is 5.62. The van der Waals surface area contributed by atoms with Crippen molar-refractivity contribution in [1.82, 2.24) is 10.6 Å². The van der Waals surface area contributed by atoms with E-state index in [0.29, 0.717) is 12.6 Å². The van der Waals surface area contributed by atoms with Crippen LogP contribution in [-0.2, 0) is 4.79 Å². The van der Waals surface area contributed by atoms with Crippen molar-refractivity contribution in [3.05, 3.63) is 0 Å². The number of carbonyl (C=O) groups excluding carboxylic acids is 1. The first kappa shape index (κ1) is 12.5. The first-order valence-corrected chi connectivity index (χ1v) is 5.62. The summed E-state index contributed by atoms with van der Waals surface area (Å²) in [4.78, 5) is 11.7. The van der Waals surface area contributed by atoms with Crippen molar-refractivity contribution < 1.29 is 9.90 Å². The van der Waals surface area contributed by atoms with Crippen molar-refractivity contribution in [3.8, 4) is 0 Å². The predicted molar refractivity (Wildman–Crippen MR) is 59.5 cm³/mol. The van der Waals surface area contributed by atoms with Crippen LogP contribution in [0.15, 0.2) is 0 Å². The normalized spacial score (nSPS) is 27.5. The number of hydrogen-bond acceptors (Lipinski definition) is 3. The second-order valence-corrected chi connectivity index (χ2v) is 5.11. The molecule has 2 atom stereocenters.